The van der Waals surface area contributed by atoms with Crippen molar-refractivity contribution in [1.29, 1.82) is 0 Å². The van der Waals surface area contributed by atoms with Gasteiger partial charge >= 0.3 is 12.0 Å². The van der Waals surface area contributed by atoms with E-state index in [-0.39, 0.29) is 12.2 Å². The monoisotopic (exact) mass is 294 g/mol. The first-order chi connectivity index (χ1) is 10.1. The number of carbonyl (C=O) groups is 2. The molecule has 0 atom stereocenters. The second-order valence-corrected chi connectivity index (χ2v) is 3.95. The van der Waals surface area contributed by atoms with Crippen molar-refractivity contribution in [2.45, 2.75) is 6.42 Å². The number of carbonyl (C=O) groups excluding carboxylic acids is 1. The molecule has 2 aromatic rings. The van der Waals surface area contributed by atoms with Crippen molar-refractivity contribution in [2.75, 3.05) is 11.9 Å². The third kappa shape index (κ3) is 3.75. The molecule has 0 spiro atoms. The number of nitrogens with one attached hydrogen (secondary N) is 2. The van der Waals surface area contributed by atoms with Crippen LogP contribution in [0.5, 0.6) is 0 Å². The summed E-state index contributed by atoms with van der Waals surface area (Å²) >= 11 is 0. The van der Waals surface area contributed by atoms with E-state index >= 15 is 0 Å². The van der Waals surface area contributed by atoms with Gasteiger partial charge in [0, 0.05) is 13.0 Å². The summed E-state index contributed by atoms with van der Waals surface area (Å²) < 4.78 is 17.9. The van der Waals surface area contributed by atoms with E-state index in [0.29, 0.717) is 12.2 Å². The van der Waals surface area contributed by atoms with Crippen molar-refractivity contribution in [2.24, 2.45) is 0 Å². The zero-order chi connectivity index (χ0) is 15.2. The van der Waals surface area contributed by atoms with Gasteiger partial charge in [-0.25, -0.2) is 14.0 Å². The van der Waals surface area contributed by atoms with E-state index in [1.807, 2.05) is 0 Å². The van der Waals surface area contributed by atoms with Crippen LogP contribution in [0.3, 0.4) is 0 Å². The number of rotatable bonds is 5. The topological polar surface area (TPSA) is 117 Å². The number of hydrogen-bond acceptors (Lipinski definition) is 5. The average molecular weight is 294 g/mol. The van der Waals surface area contributed by atoms with Crippen molar-refractivity contribution in [3.8, 4) is 0 Å². The Balaban J connectivity index is 1.93. The first kappa shape index (κ1) is 14.4. The molecule has 3 N–H and O–H groups in total. The minimum absolute atomic E-state index is 0.125. The third-order valence-electron chi connectivity index (χ3n) is 2.52. The standard InChI is InChI=1S/C12H11FN4O4/c13-7-2-1-3-8(10(7)11(18)19)16-12(20)14-5-4-9-15-6-21-17-9/h1-3,6H,4-5H2,(H,18,19)(H2,14,16,20). The minimum atomic E-state index is -1.46. The fraction of sp³-hybridized carbons (Fsp3) is 0.167. The molecule has 9 heteroatoms. The highest BCUT2D eigenvalue weighted by Gasteiger charge is 2.17. The molecule has 0 radical (unpaired) electrons. The van der Waals surface area contributed by atoms with Crippen molar-refractivity contribution in [1.82, 2.24) is 15.5 Å². The molecule has 0 aliphatic rings. The summed E-state index contributed by atoms with van der Waals surface area (Å²) in [5.41, 5.74) is -0.717. The van der Waals surface area contributed by atoms with Gasteiger partial charge in [0.1, 0.15) is 11.4 Å². The molecule has 0 unspecified atom stereocenters. The van der Waals surface area contributed by atoms with E-state index in [0.717, 1.165) is 6.07 Å². The predicted molar refractivity (Wildman–Crippen MR) is 68.4 cm³/mol. The molecule has 0 aliphatic carbocycles. The minimum Gasteiger partial charge on any atom is -0.478 e. The Hall–Kier alpha value is -2.97. The highest BCUT2D eigenvalue weighted by molar-refractivity contribution is 6.00. The first-order valence-corrected chi connectivity index (χ1v) is 5.90. The number of aromatic nitrogens is 2. The Morgan fingerprint density at radius 1 is 1.38 bits per heavy atom. The van der Waals surface area contributed by atoms with Gasteiger partial charge in [0.15, 0.2) is 5.82 Å². The summed E-state index contributed by atoms with van der Waals surface area (Å²) in [5.74, 6) is -1.96. The Morgan fingerprint density at radius 2 is 2.19 bits per heavy atom. The molecule has 2 rings (SSSR count). The molecule has 0 bridgehead atoms. The highest BCUT2D eigenvalue weighted by atomic mass is 19.1. The lowest BCUT2D eigenvalue weighted by atomic mass is 10.1. The Morgan fingerprint density at radius 3 is 2.86 bits per heavy atom. The second kappa shape index (κ2) is 6.46. The summed E-state index contributed by atoms with van der Waals surface area (Å²) in [4.78, 5) is 26.3. The van der Waals surface area contributed by atoms with Crippen LogP contribution < -0.4 is 10.6 Å². The van der Waals surface area contributed by atoms with Gasteiger partial charge in [-0.15, -0.1) is 0 Å². The number of anilines is 1. The van der Waals surface area contributed by atoms with Gasteiger partial charge in [0.05, 0.1) is 5.69 Å². The van der Waals surface area contributed by atoms with E-state index in [1.54, 1.807) is 0 Å². The maximum Gasteiger partial charge on any atom is 0.340 e. The van der Waals surface area contributed by atoms with E-state index in [9.17, 15) is 14.0 Å². The van der Waals surface area contributed by atoms with Gasteiger partial charge in [0.25, 0.3) is 0 Å². The Kier molecular flexibility index (Phi) is 4.44. The molecule has 8 nitrogen and oxygen atoms in total. The molecular weight excluding hydrogens is 283 g/mol. The number of benzene rings is 1. The van der Waals surface area contributed by atoms with E-state index < -0.39 is 23.4 Å². The van der Waals surface area contributed by atoms with Crippen LogP contribution in [0.25, 0.3) is 0 Å². The summed E-state index contributed by atoms with van der Waals surface area (Å²) in [6, 6.07) is 2.94. The largest absolute Gasteiger partial charge is 0.478 e. The number of amides is 2. The Labute approximate surface area is 118 Å². The summed E-state index contributed by atoms with van der Waals surface area (Å²) in [6.45, 7) is 0.211. The van der Waals surface area contributed by atoms with Crippen LogP contribution in [0.15, 0.2) is 29.1 Å². The average Bonchev–Trinajstić information content (AvgIpc) is 2.91. The van der Waals surface area contributed by atoms with E-state index in [4.69, 9.17) is 5.11 Å². The van der Waals surface area contributed by atoms with Crippen molar-refractivity contribution < 1.29 is 23.6 Å². The number of hydrogen-bond donors (Lipinski definition) is 3. The van der Waals surface area contributed by atoms with Crippen LogP contribution in [0.2, 0.25) is 0 Å². The maximum absolute atomic E-state index is 13.4. The lowest BCUT2D eigenvalue weighted by Gasteiger charge is -2.09. The fourth-order valence-electron chi connectivity index (χ4n) is 1.60. The summed E-state index contributed by atoms with van der Waals surface area (Å²) in [6.07, 6.45) is 1.51. The molecule has 1 aromatic carbocycles. The van der Waals surface area contributed by atoms with Crippen molar-refractivity contribution in [3.05, 3.63) is 41.8 Å². The summed E-state index contributed by atoms with van der Waals surface area (Å²) in [5, 5.41) is 17.2. The number of carboxylic acids is 1. The molecule has 1 aromatic heterocycles. The number of carboxylic acid groups (broad SMARTS) is 1. The van der Waals surface area contributed by atoms with Gasteiger partial charge in [-0.2, -0.15) is 4.98 Å². The van der Waals surface area contributed by atoms with E-state index in [1.165, 1.54) is 18.5 Å². The number of halogens is 1. The normalized spacial score (nSPS) is 10.1. The third-order valence-corrected chi connectivity index (χ3v) is 2.52. The van der Waals surface area contributed by atoms with Crippen molar-refractivity contribution >= 4 is 17.7 Å². The fourth-order valence-corrected chi connectivity index (χ4v) is 1.60. The molecular formula is C12H11FN4O4. The van der Waals surface area contributed by atoms with Gasteiger partial charge in [-0.05, 0) is 12.1 Å². The quantitative estimate of drug-likeness (QED) is 0.764. The number of urea groups is 1. The Bertz CT molecular complexity index is 645. The van der Waals surface area contributed by atoms with Gasteiger partial charge in [-0.3, -0.25) is 0 Å². The van der Waals surface area contributed by atoms with Crippen LogP contribution >= 0.6 is 0 Å². The molecule has 1 heterocycles. The SMILES string of the molecule is O=C(NCCc1ncon1)Nc1cccc(F)c1C(=O)O. The van der Waals surface area contributed by atoms with Crippen LogP contribution in [0.1, 0.15) is 16.2 Å². The zero-order valence-corrected chi connectivity index (χ0v) is 10.7. The second-order valence-electron chi connectivity index (χ2n) is 3.95. The molecule has 21 heavy (non-hydrogen) atoms. The molecule has 2 amide bonds. The van der Waals surface area contributed by atoms with E-state index in [2.05, 4.69) is 25.3 Å². The van der Waals surface area contributed by atoms with Crippen LogP contribution in [-0.2, 0) is 6.42 Å². The van der Waals surface area contributed by atoms with Gasteiger partial charge < -0.3 is 20.3 Å². The highest BCUT2D eigenvalue weighted by Crippen LogP contribution is 2.18. The maximum atomic E-state index is 13.4. The van der Waals surface area contributed by atoms with Crippen LogP contribution in [0.4, 0.5) is 14.9 Å². The predicted octanol–water partition coefficient (Wildman–Crippen LogP) is 1.27. The molecule has 0 saturated heterocycles. The first-order valence-electron chi connectivity index (χ1n) is 5.90. The lowest BCUT2D eigenvalue weighted by molar-refractivity contribution is 0.0693. The molecule has 0 aliphatic heterocycles. The summed E-state index contributed by atoms with van der Waals surface area (Å²) in [7, 11) is 0. The molecule has 0 fully saturated rings. The number of aromatic carboxylic acids is 1. The van der Waals surface area contributed by atoms with Gasteiger partial charge in [0.2, 0.25) is 6.39 Å². The smallest absolute Gasteiger partial charge is 0.340 e. The zero-order valence-electron chi connectivity index (χ0n) is 10.7. The van der Waals surface area contributed by atoms with Crippen LogP contribution in [-0.4, -0.2) is 33.8 Å². The lowest BCUT2D eigenvalue weighted by Crippen LogP contribution is -2.31. The van der Waals surface area contributed by atoms with Crippen LogP contribution in [0, 0.1) is 5.82 Å². The van der Waals surface area contributed by atoms with Crippen molar-refractivity contribution in [3.63, 3.8) is 0 Å². The van der Waals surface area contributed by atoms with Gasteiger partial charge in [-0.1, -0.05) is 11.2 Å². The molecule has 0 saturated carbocycles. The number of nitrogens with zero attached hydrogens (tertiary/aromatic N) is 2. The molecule has 110 valence electrons.